The number of esters is 1. The van der Waals surface area contributed by atoms with E-state index >= 15 is 0 Å². The molecule has 2 nitrogen and oxygen atoms in total. The van der Waals surface area contributed by atoms with E-state index in [2.05, 4.69) is 4.74 Å². The van der Waals surface area contributed by atoms with E-state index in [1.165, 1.54) is 6.92 Å². The molecule has 0 aliphatic heterocycles. The molecule has 0 radical (unpaired) electrons. The van der Waals surface area contributed by atoms with E-state index in [9.17, 15) is 9.18 Å². The topological polar surface area (TPSA) is 26.3 Å². The number of rotatable bonds is 2. The van der Waals surface area contributed by atoms with Gasteiger partial charge in [-0.3, -0.25) is 4.79 Å². The zero-order valence-electron chi connectivity index (χ0n) is 4.56. The van der Waals surface area contributed by atoms with Crippen molar-refractivity contribution in [3.63, 3.8) is 0 Å². The minimum atomic E-state index is -0.400. The summed E-state index contributed by atoms with van der Waals surface area (Å²) in [6.45, 7) is 1.29. The lowest BCUT2D eigenvalue weighted by molar-refractivity contribution is -0.139. The van der Waals surface area contributed by atoms with Crippen LogP contribution in [0.1, 0.15) is 6.92 Å². The quantitative estimate of drug-likeness (QED) is 0.506. The maximum Gasteiger partial charge on any atom is 0.302 e. The van der Waals surface area contributed by atoms with Gasteiger partial charge in [0.15, 0.2) is 0 Å². The molecule has 0 aliphatic carbocycles. The molecule has 0 saturated carbocycles. The van der Waals surface area contributed by atoms with Gasteiger partial charge in [-0.05, 0) is 6.08 Å². The van der Waals surface area contributed by atoms with Gasteiger partial charge >= 0.3 is 5.97 Å². The van der Waals surface area contributed by atoms with Crippen molar-refractivity contribution in [2.75, 3.05) is 6.61 Å². The SMILES string of the molecule is CC(=O)OCC=CF. The van der Waals surface area contributed by atoms with Crippen molar-refractivity contribution < 1.29 is 13.9 Å². The average molecular weight is 118 g/mol. The van der Waals surface area contributed by atoms with Crippen LogP contribution in [0.5, 0.6) is 0 Å². The average Bonchev–Trinajstić information content (AvgIpc) is 1.66. The molecular formula is C5H7FO2. The summed E-state index contributed by atoms with van der Waals surface area (Å²) < 4.78 is 15.4. The van der Waals surface area contributed by atoms with E-state index in [0.29, 0.717) is 6.33 Å². The Morgan fingerprint density at radius 1 is 1.88 bits per heavy atom. The van der Waals surface area contributed by atoms with Gasteiger partial charge in [-0.1, -0.05) is 0 Å². The lowest BCUT2D eigenvalue weighted by Crippen LogP contribution is -1.96. The van der Waals surface area contributed by atoms with Gasteiger partial charge in [-0.15, -0.1) is 0 Å². The van der Waals surface area contributed by atoms with E-state index in [1.54, 1.807) is 0 Å². The first kappa shape index (κ1) is 7.14. The van der Waals surface area contributed by atoms with Crippen molar-refractivity contribution in [1.82, 2.24) is 0 Å². The van der Waals surface area contributed by atoms with Crippen LogP contribution in [0.3, 0.4) is 0 Å². The third-order valence-electron chi connectivity index (χ3n) is 0.472. The summed E-state index contributed by atoms with van der Waals surface area (Å²) >= 11 is 0. The van der Waals surface area contributed by atoms with Gasteiger partial charge in [0.1, 0.15) is 6.61 Å². The Morgan fingerprint density at radius 2 is 2.50 bits per heavy atom. The largest absolute Gasteiger partial charge is 0.462 e. The number of hydrogen-bond donors (Lipinski definition) is 0. The van der Waals surface area contributed by atoms with Crippen LogP contribution >= 0.6 is 0 Å². The summed E-state index contributed by atoms with van der Waals surface area (Å²) in [5.41, 5.74) is 0. The Morgan fingerprint density at radius 3 is 2.88 bits per heavy atom. The van der Waals surface area contributed by atoms with Gasteiger partial charge in [0.2, 0.25) is 0 Å². The highest BCUT2D eigenvalue weighted by molar-refractivity contribution is 5.65. The fourth-order valence-corrected chi connectivity index (χ4v) is 0.202. The number of ether oxygens (including phenoxy) is 1. The molecule has 3 heteroatoms. The fraction of sp³-hybridized carbons (Fsp3) is 0.400. The Kier molecular flexibility index (Phi) is 3.84. The van der Waals surface area contributed by atoms with Gasteiger partial charge in [-0.2, -0.15) is 0 Å². The smallest absolute Gasteiger partial charge is 0.302 e. The van der Waals surface area contributed by atoms with E-state index in [1.807, 2.05) is 0 Å². The van der Waals surface area contributed by atoms with Crippen LogP contribution in [0, 0.1) is 0 Å². The Labute approximate surface area is 47.0 Å². The molecule has 0 aromatic heterocycles. The summed E-state index contributed by atoms with van der Waals surface area (Å²) in [5, 5.41) is 0. The number of carbonyl (C=O) groups excluding carboxylic acids is 1. The lowest BCUT2D eigenvalue weighted by Gasteiger charge is -1.91. The van der Waals surface area contributed by atoms with Crippen molar-refractivity contribution in [2.24, 2.45) is 0 Å². The molecule has 0 N–H and O–H groups in total. The highest BCUT2D eigenvalue weighted by Gasteiger charge is 1.84. The standard InChI is InChI=1S/C5H7FO2/c1-5(7)8-4-2-3-6/h2-3H,4H2,1H3. The first-order valence-corrected chi connectivity index (χ1v) is 2.16. The number of halogens is 1. The summed E-state index contributed by atoms with van der Waals surface area (Å²) in [7, 11) is 0. The molecule has 0 aromatic rings. The van der Waals surface area contributed by atoms with Crippen LogP contribution in [0.2, 0.25) is 0 Å². The van der Waals surface area contributed by atoms with Crippen LogP contribution in [0.4, 0.5) is 4.39 Å². The van der Waals surface area contributed by atoms with Crippen LogP contribution in [-0.4, -0.2) is 12.6 Å². The maximum atomic E-state index is 11.1. The van der Waals surface area contributed by atoms with Gasteiger partial charge in [0, 0.05) is 6.92 Å². The molecule has 0 spiro atoms. The first-order valence-electron chi connectivity index (χ1n) is 2.16. The summed E-state index contributed by atoms with van der Waals surface area (Å²) in [5.74, 6) is -0.400. The lowest BCUT2D eigenvalue weighted by atomic mass is 10.7. The third kappa shape index (κ3) is 5.14. The molecule has 8 heavy (non-hydrogen) atoms. The van der Waals surface area contributed by atoms with Gasteiger partial charge in [0.25, 0.3) is 0 Å². The minimum Gasteiger partial charge on any atom is -0.462 e. The molecule has 0 aliphatic rings. The van der Waals surface area contributed by atoms with Crippen LogP contribution in [0.25, 0.3) is 0 Å². The zero-order chi connectivity index (χ0) is 6.41. The monoisotopic (exact) mass is 118 g/mol. The van der Waals surface area contributed by atoms with Crippen LogP contribution in [-0.2, 0) is 9.53 Å². The van der Waals surface area contributed by atoms with Crippen molar-refractivity contribution in [2.45, 2.75) is 6.92 Å². The molecule has 0 amide bonds. The zero-order valence-corrected chi connectivity index (χ0v) is 4.56. The number of carbonyl (C=O) groups is 1. The predicted molar refractivity (Wildman–Crippen MR) is 26.9 cm³/mol. The molecule has 0 rings (SSSR count). The van der Waals surface area contributed by atoms with E-state index in [-0.39, 0.29) is 6.61 Å². The van der Waals surface area contributed by atoms with Crippen molar-refractivity contribution in [1.29, 1.82) is 0 Å². The Hall–Kier alpha value is -0.860. The highest BCUT2D eigenvalue weighted by Crippen LogP contribution is 1.77. The van der Waals surface area contributed by atoms with E-state index < -0.39 is 5.97 Å². The number of hydrogen-bond acceptors (Lipinski definition) is 2. The second-order valence-corrected chi connectivity index (χ2v) is 1.16. The summed E-state index contributed by atoms with van der Waals surface area (Å²) in [6, 6.07) is 0. The van der Waals surface area contributed by atoms with E-state index in [0.717, 1.165) is 6.08 Å². The Bertz CT molecular complexity index is 98.6. The van der Waals surface area contributed by atoms with Gasteiger partial charge in [0.05, 0.1) is 6.33 Å². The fourth-order valence-electron chi connectivity index (χ4n) is 0.202. The third-order valence-corrected chi connectivity index (χ3v) is 0.472. The normalized spacial score (nSPS) is 9.75. The summed E-state index contributed by atoms with van der Waals surface area (Å²) in [4.78, 5) is 9.94. The van der Waals surface area contributed by atoms with Gasteiger partial charge in [-0.25, -0.2) is 4.39 Å². The van der Waals surface area contributed by atoms with Crippen molar-refractivity contribution in [3.05, 3.63) is 12.4 Å². The predicted octanol–water partition coefficient (Wildman–Crippen LogP) is 1.03. The molecule has 0 unspecified atom stereocenters. The Balaban J connectivity index is 3.05. The van der Waals surface area contributed by atoms with Crippen LogP contribution in [0.15, 0.2) is 12.4 Å². The molecular weight excluding hydrogens is 111 g/mol. The molecule has 0 heterocycles. The van der Waals surface area contributed by atoms with Crippen LogP contribution < -0.4 is 0 Å². The summed E-state index contributed by atoms with van der Waals surface area (Å²) in [6.07, 6.45) is 1.45. The second kappa shape index (κ2) is 4.30. The first-order chi connectivity index (χ1) is 3.77. The molecule has 46 valence electrons. The molecule has 0 atom stereocenters. The van der Waals surface area contributed by atoms with Gasteiger partial charge < -0.3 is 4.74 Å². The van der Waals surface area contributed by atoms with E-state index in [4.69, 9.17) is 0 Å². The highest BCUT2D eigenvalue weighted by atomic mass is 19.1. The maximum absolute atomic E-state index is 11.1. The van der Waals surface area contributed by atoms with Crippen molar-refractivity contribution >= 4 is 5.97 Å². The molecule has 0 fully saturated rings. The minimum absolute atomic E-state index is 0.0197. The van der Waals surface area contributed by atoms with Crippen molar-refractivity contribution in [3.8, 4) is 0 Å². The molecule has 0 saturated heterocycles. The molecule has 0 aromatic carbocycles. The molecule has 0 bridgehead atoms. The second-order valence-electron chi connectivity index (χ2n) is 1.16.